The number of nitrogens with zero attached hydrogens (tertiary/aromatic N) is 3. The van der Waals surface area contributed by atoms with Gasteiger partial charge in [0.15, 0.2) is 0 Å². The molecule has 0 saturated carbocycles. The van der Waals surface area contributed by atoms with Crippen LogP contribution in [0.25, 0.3) is 0 Å². The van der Waals surface area contributed by atoms with Gasteiger partial charge in [-0.05, 0) is 18.1 Å². The number of ether oxygens (including phenoxy) is 1. The Bertz CT molecular complexity index is 666. The second-order valence-electron chi connectivity index (χ2n) is 5.58. The molecular formula is C17H18ClN3O2. The number of rotatable bonds is 3. The predicted octanol–water partition coefficient (Wildman–Crippen LogP) is 2.46. The molecule has 1 atom stereocenters. The van der Waals surface area contributed by atoms with Crippen LogP contribution in [0, 0.1) is 5.92 Å². The van der Waals surface area contributed by atoms with Gasteiger partial charge in [0, 0.05) is 36.4 Å². The Balaban J connectivity index is 1.71. The fourth-order valence-corrected chi connectivity index (χ4v) is 2.95. The summed E-state index contributed by atoms with van der Waals surface area (Å²) in [6.45, 7) is 2.34. The van der Waals surface area contributed by atoms with Crippen LogP contribution >= 0.6 is 11.6 Å². The lowest BCUT2D eigenvalue weighted by atomic mass is 9.99. The monoisotopic (exact) mass is 331 g/mol. The summed E-state index contributed by atoms with van der Waals surface area (Å²) in [7, 11) is 0. The van der Waals surface area contributed by atoms with Crippen LogP contribution in [-0.4, -0.2) is 47.1 Å². The highest BCUT2D eigenvalue weighted by Crippen LogP contribution is 2.21. The summed E-state index contributed by atoms with van der Waals surface area (Å²) in [5.74, 6) is 0.103. The lowest BCUT2D eigenvalue weighted by Crippen LogP contribution is -2.36. The van der Waals surface area contributed by atoms with Crippen molar-refractivity contribution in [1.82, 2.24) is 14.9 Å². The molecule has 5 nitrogen and oxygen atoms in total. The first-order valence-corrected chi connectivity index (χ1v) is 7.98. The van der Waals surface area contributed by atoms with Gasteiger partial charge in [0.05, 0.1) is 19.4 Å². The van der Waals surface area contributed by atoms with E-state index in [2.05, 4.69) is 9.97 Å². The summed E-state index contributed by atoms with van der Waals surface area (Å²) in [6.07, 6.45) is 5.37. The first-order valence-electron chi connectivity index (χ1n) is 7.60. The molecule has 0 N–H and O–H groups in total. The third-order valence-corrected chi connectivity index (χ3v) is 4.24. The average molecular weight is 332 g/mol. The molecule has 1 fully saturated rings. The van der Waals surface area contributed by atoms with E-state index in [4.69, 9.17) is 16.3 Å². The molecule has 2 heterocycles. The van der Waals surface area contributed by atoms with Gasteiger partial charge in [0.25, 0.3) is 5.91 Å². The number of hydrogen-bond donors (Lipinski definition) is 0. The summed E-state index contributed by atoms with van der Waals surface area (Å²) in [5.41, 5.74) is 1.45. The number of aromatic nitrogens is 2. The van der Waals surface area contributed by atoms with Gasteiger partial charge in [-0.1, -0.05) is 29.8 Å². The van der Waals surface area contributed by atoms with Crippen LogP contribution in [0.5, 0.6) is 0 Å². The van der Waals surface area contributed by atoms with Crippen LogP contribution < -0.4 is 0 Å². The smallest absolute Gasteiger partial charge is 0.274 e. The van der Waals surface area contributed by atoms with E-state index >= 15 is 0 Å². The Morgan fingerprint density at radius 1 is 1.35 bits per heavy atom. The summed E-state index contributed by atoms with van der Waals surface area (Å²) in [6, 6.07) is 7.79. The Hall–Kier alpha value is -1.98. The number of amides is 1. The van der Waals surface area contributed by atoms with Crippen molar-refractivity contribution in [1.29, 1.82) is 0 Å². The topological polar surface area (TPSA) is 55.3 Å². The molecule has 3 rings (SSSR count). The fourth-order valence-electron chi connectivity index (χ4n) is 2.73. The minimum Gasteiger partial charge on any atom is -0.379 e. The van der Waals surface area contributed by atoms with Gasteiger partial charge in [0.1, 0.15) is 5.69 Å². The van der Waals surface area contributed by atoms with Gasteiger partial charge >= 0.3 is 0 Å². The van der Waals surface area contributed by atoms with E-state index in [1.54, 1.807) is 11.1 Å². The van der Waals surface area contributed by atoms with Crippen molar-refractivity contribution in [3.05, 3.63) is 59.1 Å². The fraction of sp³-hybridized carbons (Fsp3) is 0.353. The Labute approximate surface area is 140 Å². The third kappa shape index (κ3) is 4.06. The van der Waals surface area contributed by atoms with E-state index in [9.17, 15) is 4.79 Å². The standard InChI is InChI=1S/C17H18ClN3O2/c18-15-4-2-1-3-14(15)9-13-11-21(7-8-23-12-13)17(22)16-10-19-5-6-20-16/h1-6,10,13H,7-9,11-12H2. The van der Waals surface area contributed by atoms with E-state index in [1.165, 1.54) is 12.4 Å². The van der Waals surface area contributed by atoms with E-state index in [1.807, 2.05) is 24.3 Å². The molecule has 1 aromatic carbocycles. The van der Waals surface area contributed by atoms with Gasteiger partial charge in [-0.25, -0.2) is 4.98 Å². The second-order valence-corrected chi connectivity index (χ2v) is 5.99. The highest BCUT2D eigenvalue weighted by atomic mass is 35.5. The zero-order valence-electron chi connectivity index (χ0n) is 12.7. The zero-order chi connectivity index (χ0) is 16.1. The molecule has 1 amide bonds. The van der Waals surface area contributed by atoms with Crippen molar-refractivity contribution in [2.24, 2.45) is 5.92 Å². The number of carbonyl (C=O) groups is 1. The maximum atomic E-state index is 12.6. The molecule has 1 unspecified atom stereocenters. The van der Waals surface area contributed by atoms with Crippen LogP contribution in [0.4, 0.5) is 0 Å². The summed E-state index contributed by atoms with van der Waals surface area (Å²) in [4.78, 5) is 22.4. The lowest BCUT2D eigenvalue weighted by molar-refractivity contribution is 0.0731. The van der Waals surface area contributed by atoms with Crippen molar-refractivity contribution in [3.8, 4) is 0 Å². The largest absolute Gasteiger partial charge is 0.379 e. The SMILES string of the molecule is O=C(c1cnccn1)N1CCOCC(Cc2ccccc2Cl)C1. The molecule has 1 aliphatic rings. The Morgan fingerprint density at radius 2 is 2.22 bits per heavy atom. The first-order chi connectivity index (χ1) is 11.2. The van der Waals surface area contributed by atoms with Crippen molar-refractivity contribution >= 4 is 17.5 Å². The highest BCUT2D eigenvalue weighted by molar-refractivity contribution is 6.31. The van der Waals surface area contributed by atoms with Gasteiger partial charge in [-0.3, -0.25) is 9.78 Å². The summed E-state index contributed by atoms with van der Waals surface area (Å²) >= 11 is 6.24. The van der Waals surface area contributed by atoms with E-state index in [0.29, 0.717) is 32.0 Å². The maximum absolute atomic E-state index is 12.6. The molecule has 0 bridgehead atoms. The molecule has 6 heteroatoms. The van der Waals surface area contributed by atoms with Crippen LogP contribution in [0.1, 0.15) is 16.1 Å². The highest BCUT2D eigenvalue weighted by Gasteiger charge is 2.24. The van der Waals surface area contributed by atoms with Crippen LogP contribution in [0.3, 0.4) is 0 Å². The van der Waals surface area contributed by atoms with Gasteiger partial charge < -0.3 is 9.64 Å². The Morgan fingerprint density at radius 3 is 3.00 bits per heavy atom. The van der Waals surface area contributed by atoms with Crippen LogP contribution in [0.15, 0.2) is 42.9 Å². The minimum atomic E-state index is -0.104. The Kier molecular flexibility index (Phi) is 5.20. The molecule has 0 radical (unpaired) electrons. The van der Waals surface area contributed by atoms with Crippen molar-refractivity contribution < 1.29 is 9.53 Å². The molecule has 0 spiro atoms. The molecule has 120 valence electrons. The predicted molar refractivity (Wildman–Crippen MR) is 87.4 cm³/mol. The number of carbonyl (C=O) groups excluding carboxylic acids is 1. The number of halogens is 1. The van der Waals surface area contributed by atoms with Crippen LogP contribution in [0.2, 0.25) is 5.02 Å². The van der Waals surface area contributed by atoms with Gasteiger partial charge in [-0.2, -0.15) is 0 Å². The molecule has 23 heavy (non-hydrogen) atoms. The molecular weight excluding hydrogens is 314 g/mol. The molecule has 1 aromatic heterocycles. The lowest BCUT2D eigenvalue weighted by Gasteiger charge is -2.23. The van der Waals surface area contributed by atoms with E-state index in [-0.39, 0.29) is 11.8 Å². The van der Waals surface area contributed by atoms with Crippen molar-refractivity contribution in [2.45, 2.75) is 6.42 Å². The van der Waals surface area contributed by atoms with Gasteiger partial charge in [0.2, 0.25) is 0 Å². The molecule has 0 aliphatic carbocycles. The zero-order valence-corrected chi connectivity index (χ0v) is 13.4. The minimum absolute atomic E-state index is 0.104. The number of benzene rings is 1. The second kappa shape index (κ2) is 7.53. The van der Waals surface area contributed by atoms with Crippen LogP contribution in [-0.2, 0) is 11.2 Å². The summed E-state index contributed by atoms with van der Waals surface area (Å²) in [5, 5.41) is 0.753. The van der Waals surface area contributed by atoms with E-state index in [0.717, 1.165) is 17.0 Å². The van der Waals surface area contributed by atoms with Crippen molar-refractivity contribution in [3.63, 3.8) is 0 Å². The molecule has 2 aromatic rings. The van der Waals surface area contributed by atoms with Crippen molar-refractivity contribution in [2.75, 3.05) is 26.3 Å². The average Bonchev–Trinajstić information content (AvgIpc) is 2.83. The van der Waals surface area contributed by atoms with E-state index < -0.39 is 0 Å². The number of hydrogen-bond acceptors (Lipinski definition) is 4. The third-order valence-electron chi connectivity index (χ3n) is 3.87. The molecule has 1 aliphatic heterocycles. The van der Waals surface area contributed by atoms with Gasteiger partial charge in [-0.15, -0.1) is 0 Å². The summed E-state index contributed by atoms with van der Waals surface area (Å²) < 4.78 is 5.66. The maximum Gasteiger partial charge on any atom is 0.274 e. The first kappa shape index (κ1) is 15.9. The quantitative estimate of drug-likeness (QED) is 0.867. The molecule has 1 saturated heterocycles. The normalized spacial score (nSPS) is 18.5.